The number of hydrogen-bond acceptors (Lipinski definition) is 3. The van der Waals surface area contributed by atoms with E-state index < -0.39 is 9.84 Å². The summed E-state index contributed by atoms with van der Waals surface area (Å²) in [6.07, 6.45) is 14.9. The Morgan fingerprint density at radius 1 is 0.826 bits per heavy atom. The minimum absolute atomic E-state index is 0.0336. The van der Waals surface area contributed by atoms with E-state index in [1.54, 1.807) is 0 Å². The van der Waals surface area contributed by atoms with Crippen LogP contribution in [0.4, 0.5) is 0 Å². The summed E-state index contributed by atoms with van der Waals surface area (Å²) in [6, 6.07) is 0.292. The summed E-state index contributed by atoms with van der Waals surface area (Å²) >= 11 is 0. The van der Waals surface area contributed by atoms with Gasteiger partial charge in [-0.15, -0.1) is 0 Å². The predicted octanol–water partition coefficient (Wildman–Crippen LogP) is 3.60. The highest BCUT2D eigenvalue weighted by Gasteiger charge is 2.29. The molecule has 134 valence electrons. The van der Waals surface area contributed by atoms with Crippen LogP contribution in [0.1, 0.15) is 83.5 Å². The Bertz CT molecular complexity index is 449. The molecule has 1 unspecified atom stereocenters. The fourth-order valence-corrected chi connectivity index (χ4v) is 5.75. The van der Waals surface area contributed by atoms with Crippen molar-refractivity contribution in [3.8, 4) is 0 Å². The molecule has 0 bridgehead atoms. The van der Waals surface area contributed by atoms with Gasteiger partial charge in [-0.3, -0.25) is 4.79 Å². The molecule has 1 saturated carbocycles. The quantitative estimate of drug-likeness (QED) is 0.851. The van der Waals surface area contributed by atoms with Crippen molar-refractivity contribution < 1.29 is 13.2 Å². The van der Waals surface area contributed by atoms with E-state index in [2.05, 4.69) is 5.32 Å². The van der Waals surface area contributed by atoms with Gasteiger partial charge in [-0.1, -0.05) is 57.8 Å². The van der Waals surface area contributed by atoms with Crippen LogP contribution in [0.25, 0.3) is 0 Å². The summed E-state index contributed by atoms with van der Waals surface area (Å²) in [5.41, 5.74) is 0. The zero-order valence-electron chi connectivity index (χ0n) is 14.4. The molecule has 1 saturated heterocycles. The highest BCUT2D eigenvalue weighted by Crippen LogP contribution is 2.22. The zero-order valence-corrected chi connectivity index (χ0v) is 15.2. The number of carbonyl (C=O) groups is 1. The summed E-state index contributed by atoms with van der Waals surface area (Å²) in [5, 5.41) is 3.19. The van der Waals surface area contributed by atoms with E-state index in [1.165, 1.54) is 57.8 Å². The van der Waals surface area contributed by atoms with Crippen molar-refractivity contribution >= 4 is 15.7 Å². The van der Waals surface area contributed by atoms with Gasteiger partial charge in [0.25, 0.3) is 0 Å². The molecular formula is C18H33NO3S. The summed E-state index contributed by atoms with van der Waals surface area (Å²) in [5.74, 6) is 0.551. The summed E-state index contributed by atoms with van der Waals surface area (Å²) < 4.78 is 23.0. The van der Waals surface area contributed by atoms with Crippen LogP contribution in [-0.2, 0) is 14.6 Å². The SMILES string of the molecule is O=C(CC1CCS(=O)(=O)C1)NC1CCCCCCCCCCC1. The first-order valence-corrected chi connectivity index (χ1v) is 11.4. The van der Waals surface area contributed by atoms with Crippen LogP contribution in [0.3, 0.4) is 0 Å². The summed E-state index contributed by atoms with van der Waals surface area (Å²) in [7, 11) is -2.88. The van der Waals surface area contributed by atoms with E-state index in [1.807, 2.05) is 0 Å². The lowest BCUT2D eigenvalue weighted by Crippen LogP contribution is -2.36. The van der Waals surface area contributed by atoms with Crippen LogP contribution >= 0.6 is 0 Å². The van der Waals surface area contributed by atoms with E-state index in [0.29, 0.717) is 18.9 Å². The largest absolute Gasteiger partial charge is 0.353 e. The van der Waals surface area contributed by atoms with Crippen LogP contribution in [0, 0.1) is 5.92 Å². The third kappa shape index (κ3) is 7.69. The molecule has 1 N–H and O–H groups in total. The van der Waals surface area contributed by atoms with Crippen LogP contribution in [0.2, 0.25) is 0 Å². The fourth-order valence-electron chi connectivity index (χ4n) is 3.89. The lowest BCUT2D eigenvalue weighted by atomic mass is 9.97. The predicted molar refractivity (Wildman–Crippen MR) is 94.1 cm³/mol. The van der Waals surface area contributed by atoms with E-state index in [9.17, 15) is 13.2 Å². The maximum Gasteiger partial charge on any atom is 0.220 e. The van der Waals surface area contributed by atoms with Gasteiger partial charge in [0.1, 0.15) is 0 Å². The highest BCUT2D eigenvalue weighted by molar-refractivity contribution is 7.91. The molecule has 5 heteroatoms. The molecule has 0 radical (unpaired) electrons. The summed E-state index contributed by atoms with van der Waals surface area (Å²) in [6.45, 7) is 0. The number of hydrogen-bond donors (Lipinski definition) is 1. The lowest BCUT2D eigenvalue weighted by Gasteiger charge is -2.20. The molecule has 0 aromatic rings. The second-order valence-electron chi connectivity index (χ2n) is 7.50. The molecule has 2 aliphatic rings. The van der Waals surface area contributed by atoms with Gasteiger partial charge in [-0.05, 0) is 25.2 Å². The van der Waals surface area contributed by atoms with Crippen LogP contribution in [0.5, 0.6) is 0 Å². The Labute approximate surface area is 141 Å². The van der Waals surface area contributed by atoms with Crippen molar-refractivity contribution in [2.75, 3.05) is 11.5 Å². The van der Waals surface area contributed by atoms with Crippen molar-refractivity contribution in [1.29, 1.82) is 0 Å². The Morgan fingerprint density at radius 3 is 1.83 bits per heavy atom. The average Bonchev–Trinajstić information content (AvgIpc) is 2.80. The molecule has 23 heavy (non-hydrogen) atoms. The normalized spacial score (nSPS) is 27.7. The Balaban J connectivity index is 1.74. The van der Waals surface area contributed by atoms with Gasteiger partial charge in [-0.25, -0.2) is 8.42 Å². The van der Waals surface area contributed by atoms with Crippen LogP contribution in [0.15, 0.2) is 0 Å². The van der Waals surface area contributed by atoms with Crippen molar-refractivity contribution in [2.24, 2.45) is 5.92 Å². The molecule has 1 aliphatic heterocycles. The zero-order chi connectivity index (χ0) is 16.5. The number of amides is 1. The number of nitrogens with one attached hydrogen (secondary N) is 1. The molecule has 0 aromatic carbocycles. The molecule has 0 aromatic heterocycles. The smallest absolute Gasteiger partial charge is 0.220 e. The van der Waals surface area contributed by atoms with E-state index in [0.717, 1.165) is 12.8 Å². The number of rotatable bonds is 3. The maximum absolute atomic E-state index is 12.2. The fraction of sp³-hybridized carbons (Fsp3) is 0.944. The van der Waals surface area contributed by atoms with Crippen LogP contribution in [-0.4, -0.2) is 31.9 Å². The number of sulfone groups is 1. The first-order valence-electron chi connectivity index (χ1n) is 9.55. The van der Waals surface area contributed by atoms with Crippen molar-refractivity contribution in [3.63, 3.8) is 0 Å². The van der Waals surface area contributed by atoms with Gasteiger partial charge in [0, 0.05) is 12.5 Å². The minimum atomic E-state index is -2.88. The second kappa shape index (κ2) is 9.65. The van der Waals surface area contributed by atoms with Crippen molar-refractivity contribution in [3.05, 3.63) is 0 Å². The molecule has 0 spiro atoms. The van der Waals surface area contributed by atoms with Crippen molar-refractivity contribution in [2.45, 2.75) is 89.5 Å². The molecule has 2 fully saturated rings. The summed E-state index contributed by atoms with van der Waals surface area (Å²) in [4.78, 5) is 12.2. The van der Waals surface area contributed by atoms with E-state index in [-0.39, 0.29) is 23.3 Å². The Morgan fingerprint density at radius 2 is 1.35 bits per heavy atom. The molecule has 4 nitrogen and oxygen atoms in total. The Kier molecular flexibility index (Phi) is 7.87. The first-order chi connectivity index (χ1) is 11.1. The molecular weight excluding hydrogens is 310 g/mol. The van der Waals surface area contributed by atoms with Gasteiger partial charge in [0.2, 0.25) is 5.91 Å². The van der Waals surface area contributed by atoms with Gasteiger partial charge < -0.3 is 5.32 Å². The number of carbonyl (C=O) groups excluding carboxylic acids is 1. The van der Waals surface area contributed by atoms with E-state index >= 15 is 0 Å². The molecule has 1 amide bonds. The van der Waals surface area contributed by atoms with Gasteiger partial charge in [0.15, 0.2) is 9.84 Å². The molecule has 1 heterocycles. The second-order valence-corrected chi connectivity index (χ2v) is 9.73. The van der Waals surface area contributed by atoms with Crippen molar-refractivity contribution in [1.82, 2.24) is 5.32 Å². The van der Waals surface area contributed by atoms with E-state index in [4.69, 9.17) is 0 Å². The molecule has 2 rings (SSSR count). The molecule has 1 atom stereocenters. The Hall–Kier alpha value is -0.580. The van der Waals surface area contributed by atoms with Crippen LogP contribution < -0.4 is 5.32 Å². The third-order valence-corrected chi connectivity index (χ3v) is 7.11. The lowest BCUT2D eigenvalue weighted by molar-refractivity contribution is -0.122. The highest BCUT2D eigenvalue weighted by atomic mass is 32.2. The van der Waals surface area contributed by atoms with Gasteiger partial charge >= 0.3 is 0 Å². The topological polar surface area (TPSA) is 63.2 Å². The third-order valence-electron chi connectivity index (χ3n) is 5.27. The first kappa shape index (κ1) is 18.8. The standard InChI is InChI=1S/C18H33NO3S/c20-18(14-16-12-13-23(21,22)15-16)19-17-10-8-6-4-2-1-3-5-7-9-11-17/h16-17H,1-15H2,(H,19,20). The minimum Gasteiger partial charge on any atom is -0.353 e. The van der Waals surface area contributed by atoms with Gasteiger partial charge in [0.05, 0.1) is 11.5 Å². The average molecular weight is 344 g/mol. The maximum atomic E-state index is 12.2. The van der Waals surface area contributed by atoms with Gasteiger partial charge in [-0.2, -0.15) is 0 Å². The molecule has 1 aliphatic carbocycles. The monoisotopic (exact) mass is 343 g/mol.